The van der Waals surface area contributed by atoms with Crippen molar-refractivity contribution in [3.63, 3.8) is 0 Å². The number of hydrogen-bond donors (Lipinski definition) is 0. The lowest BCUT2D eigenvalue weighted by atomic mass is 10.1. The third kappa shape index (κ3) is 2.67. The molecule has 0 amide bonds. The van der Waals surface area contributed by atoms with Crippen molar-refractivity contribution in [3.8, 4) is 0 Å². The molecule has 2 rings (SSSR count). The van der Waals surface area contributed by atoms with Crippen LogP contribution in [0, 0.1) is 6.92 Å². The van der Waals surface area contributed by atoms with Crippen LogP contribution in [0.4, 0.5) is 0 Å². The van der Waals surface area contributed by atoms with Crippen molar-refractivity contribution in [2.45, 2.75) is 40.2 Å². The van der Waals surface area contributed by atoms with Gasteiger partial charge < -0.3 is 0 Å². The summed E-state index contributed by atoms with van der Waals surface area (Å²) in [5.74, 6) is 0.0663. The second-order valence-electron chi connectivity index (χ2n) is 4.15. The number of nitrogens with zero attached hydrogens (tertiary/aromatic N) is 3. The van der Waals surface area contributed by atoms with Crippen LogP contribution in [0.25, 0.3) is 0 Å². The third-order valence-electron chi connectivity index (χ3n) is 2.82. The van der Waals surface area contributed by atoms with E-state index < -0.39 is 0 Å². The molecule has 2 heterocycles. The maximum atomic E-state index is 12.1. The smallest absolute Gasteiger partial charge is 0.187 e. The zero-order valence-corrected chi connectivity index (χ0v) is 11.8. The van der Waals surface area contributed by atoms with Gasteiger partial charge in [-0.3, -0.25) is 9.48 Å². The third-order valence-corrected chi connectivity index (χ3v) is 3.60. The summed E-state index contributed by atoms with van der Waals surface area (Å²) in [6, 6.07) is 2.01. The van der Waals surface area contributed by atoms with Crippen LogP contribution in [0.15, 0.2) is 11.4 Å². The Morgan fingerprint density at radius 1 is 1.44 bits per heavy atom. The van der Waals surface area contributed by atoms with Gasteiger partial charge in [0.05, 0.1) is 17.1 Å². The molecule has 0 aliphatic rings. The molecule has 0 N–H and O–H groups in total. The summed E-state index contributed by atoms with van der Waals surface area (Å²) in [5.41, 5.74) is 2.58. The first kappa shape index (κ1) is 13.0. The maximum absolute atomic E-state index is 12.1. The zero-order valence-electron chi connectivity index (χ0n) is 10.9. The largest absolute Gasteiger partial charge is 0.292 e. The highest BCUT2D eigenvalue weighted by Crippen LogP contribution is 2.13. The first-order valence-electron chi connectivity index (χ1n) is 6.15. The Morgan fingerprint density at radius 2 is 2.22 bits per heavy atom. The minimum atomic E-state index is 0.0663. The topological polar surface area (TPSA) is 47.8 Å². The van der Waals surface area contributed by atoms with Gasteiger partial charge in [0, 0.05) is 17.6 Å². The van der Waals surface area contributed by atoms with E-state index in [2.05, 4.69) is 17.0 Å². The van der Waals surface area contributed by atoms with Crippen molar-refractivity contribution in [3.05, 3.63) is 33.5 Å². The Morgan fingerprint density at radius 3 is 2.78 bits per heavy atom. The minimum absolute atomic E-state index is 0.0663. The molecule has 0 fully saturated rings. The Hall–Kier alpha value is -1.49. The Labute approximate surface area is 111 Å². The van der Waals surface area contributed by atoms with E-state index in [-0.39, 0.29) is 5.78 Å². The molecular formula is C13H17N3OS. The van der Waals surface area contributed by atoms with Crippen LogP contribution in [0.1, 0.15) is 40.7 Å². The maximum Gasteiger partial charge on any atom is 0.187 e. The average molecular weight is 263 g/mol. The zero-order chi connectivity index (χ0) is 13.1. The fourth-order valence-corrected chi connectivity index (χ4v) is 2.47. The summed E-state index contributed by atoms with van der Waals surface area (Å²) in [6.45, 7) is 6.80. The van der Waals surface area contributed by atoms with Gasteiger partial charge in [-0.1, -0.05) is 6.92 Å². The number of Topliss-reactive ketones (excluding diaryl/α,β-unsaturated/α-hetero) is 1. The molecule has 0 aliphatic carbocycles. The van der Waals surface area contributed by atoms with Crippen molar-refractivity contribution >= 4 is 17.1 Å². The van der Waals surface area contributed by atoms with E-state index in [1.54, 1.807) is 0 Å². The van der Waals surface area contributed by atoms with Gasteiger partial charge >= 0.3 is 0 Å². The van der Waals surface area contributed by atoms with Crippen molar-refractivity contribution in [2.24, 2.45) is 0 Å². The van der Waals surface area contributed by atoms with Gasteiger partial charge in [-0.05, 0) is 26.3 Å². The first-order valence-corrected chi connectivity index (χ1v) is 7.03. The van der Waals surface area contributed by atoms with E-state index in [9.17, 15) is 4.79 Å². The quantitative estimate of drug-likeness (QED) is 0.779. The standard InChI is InChI=1S/C13H17N3OS/c1-4-10-6-11(16(5-2)15-10)7-13(17)12-8-18-9(3)14-12/h6,8H,4-5,7H2,1-3H3. The lowest BCUT2D eigenvalue weighted by Gasteiger charge is -2.02. The number of carbonyl (C=O) groups is 1. The molecule has 0 unspecified atom stereocenters. The molecule has 0 bridgehead atoms. The number of rotatable bonds is 5. The van der Waals surface area contributed by atoms with Crippen molar-refractivity contribution in [1.82, 2.24) is 14.8 Å². The summed E-state index contributed by atoms with van der Waals surface area (Å²) in [5, 5.41) is 7.20. The van der Waals surface area contributed by atoms with Crippen LogP contribution in [-0.2, 0) is 19.4 Å². The molecule has 96 valence electrons. The SMILES string of the molecule is CCc1cc(CC(=O)c2csc(C)n2)n(CC)n1. The molecule has 4 nitrogen and oxygen atoms in total. The second kappa shape index (κ2) is 5.44. The van der Waals surface area contributed by atoms with E-state index in [0.29, 0.717) is 12.1 Å². The fourth-order valence-electron chi connectivity index (χ4n) is 1.85. The second-order valence-corrected chi connectivity index (χ2v) is 5.21. The van der Waals surface area contributed by atoms with E-state index >= 15 is 0 Å². The molecule has 0 aliphatic heterocycles. The normalized spacial score (nSPS) is 10.8. The van der Waals surface area contributed by atoms with Crippen LogP contribution in [0.2, 0.25) is 0 Å². The number of ketones is 1. The monoisotopic (exact) mass is 263 g/mol. The highest BCUT2D eigenvalue weighted by Gasteiger charge is 2.14. The van der Waals surface area contributed by atoms with E-state index in [1.165, 1.54) is 11.3 Å². The summed E-state index contributed by atoms with van der Waals surface area (Å²) in [4.78, 5) is 16.3. The number of thiazole rings is 1. The van der Waals surface area contributed by atoms with E-state index in [1.807, 2.05) is 30.0 Å². The molecule has 5 heteroatoms. The fraction of sp³-hybridized carbons (Fsp3) is 0.462. The van der Waals surface area contributed by atoms with Crippen LogP contribution in [0.5, 0.6) is 0 Å². The van der Waals surface area contributed by atoms with Crippen LogP contribution < -0.4 is 0 Å². The molecule has 18 heavy (non-hydrogen) atoms. The number of carbonyl (C=O) groups excluding carboxylic acids is 1. The summed E-state index contributed by atoms with van der Waals surface area (Å²) in [7, 11) is 0. The van der Waals surface area contributed by atoms with Gasteiger partial charge in [-0.15, -0.1) is 11.3 Å². The number of aromatic nitrogens is 3. The minimum Gasteiger partial charge on any atom is -0.292 e. The summed E-state index contributed by atoms with van der Waals surface area (Å²) >= 11 is 1.51. The lowest BCUT2D eigenvalue weighted by molar-refractivity contribution is 0.0986. The van der Waals surface area contributed by atoms with Crippen LogP contribution in [-0.4, -0.2) is 20.5 Å². The van der Waals surface area contributed by atoms with Gasteiger partial charge in [0.1, 0.15) is 5.69 Å². The van der Waals surface area contributed by atoms with Crippen molar-refractivity contribution < 1.29 is 4.79 Å². The van der Waals surface area contributed by atoms with Gasteiger partial charge in [0.15, 0.2) is 5.78 Å². The number of aryl methyl sites for hydroxylation is 3. The van der Waals surface area contributed by atoms with Crippen molar-refractivity contribution in [1.29, 1.82) is 0 Å². The number of hydrogen-bond acceptors (Lipinski definition) is 4. The molecule has 0 saturated carbocycles. The summed E-state index contributed by atoms with van der Waals surface area (Å²) < 4.78 is 1.90. The van der Waals surface area contributed by atoms with Gasteiger partial charge in [-0.2, -0.15) is 5.10 Å². The molecule has 0 atom stereocenters. The predicted octanol–water partition coefficient (Wildman–Crippen LogP) is 2.66. The van der Waals surface area contributed by atoms with Gasteiger partial charge in [-0.25, -0.2) is 4.98 Å². The predicted molar refractivity (Wildman–Crippen MR) is 72.2 cm³/mol. The Balaban J connectivity index is 2.18. The Kier molecular flexibility index (Phi) is 3.91. The first-order chi connectivity index (χ1) is 8.63. The molecule has 0 radical (unpaired) electrons. The molecule has 2 aromatic heterocycles. The molecule has 2 aromatic rings. The van der Waals surface area contributed by atoms with Crippen LogP contribution in [0.3, 0.4) is 0 Å². The molecule has 0 saturated heterocycles. The van der Waals surface area contributed by atoms with E-state index in [4.69, 9.17) is 0 Å². The summed E-state index contributed by atoms with van der Waals surface area (Å²) in [6.07, 6.45) is 1.27. The Bertz CT molecular complexity index is 556. The average Bonchev–Trinajstić information content (AvgIpc) is 2.95. The molecule has 0 spiro atoms. The molecular weight excluding hydrogens is 246 g/mol. The van der Waals surface area contributed by atoms with Gasteiger partial charge in [0.2, 0.25) is 0 Å². The van der Waals surface area contributed by atoms with Gasteiger partial charge in [0.25, 0.3) is 0 Å². The van der Waals surface area contributed by atoms with E-state index in [0.717, 1.165) is 29.4 Å². The molecule has 0 aromatic carbocycles. The van der Waals surface area contributed by atoms with Crippen molar-refractivity contribution in [2.75, 3.05) is 0 Å². The van der Waals surface area contributed by atoms with Crippen LogP contribution >= 0.6 is 11.3 Å². The lowest BCUT2D eigenvalue weighted by Crippen LogP contribution is -2.10. The highest BCUT2D eigenvalue weighted by molar-refractivity contribution is 7.09. The highest BCUT2D eigenvalue weighted by atomic mass is 32.1.